The summed E-state index contributed by atoms with van der Waals surface area (Å²) in [6.07, 6.45) is 60.9. The molecule has 8 nitrogen and oxygen atoms in total. The van der Waals surface area contributed by atoms with Crippen molar-refractivity contribution in [1.29, 1.82) is 0 Å². The number of carbonyl (C=O) groups is 1. The van der Waals surface area contributed by atoms with Crippen molar-refractivity contribution in [3.05, 3.63) is 72.9 Å². The predicted molar refractivity (Wildman–Crippen MR) is 272 cm³/mol. The Labute approximate surface area is 389 Å². The summed E-state index contributed by atoms with van der Waals surface area (Å²) in [5.41, 5.74) is 0. The maximum atomic E-state index is 12.9. The first-order chi connectivity index (χ1) is 30.5. The summed E-state index contributed by atoms with van der Waals surface area (Å²) in [4.78, 5) is 23.2. The Morgan fingerprint density at radius 2 is 0.952 bits per heavy atom. The normalized spacial score (nSPS) is 14.7. The van der Waals surface area contributed by atoms with Gasteiger partial charge in [0.15, 0.2) is 0 Å². The molecule has 0 aromatic heterocycles. The molecule has 0 saturated heterocycles. The van der Waals surface area contributed by atoms with E-state index >= 15 is 0 Å². The fraction of sp³-hybridized carbons (Fsp3) is 0.759. The molecule has 9 heteroatoms. The molecule has 0 radical (unpaired) electrons. The maximum absolute atomic E-state index is 12.9. The standard InChI is InChI=1S/C54H99N2O6P/c1-6-8-10-12-14-16-18-19-20-21-22-23-24-25-26-27-28-29-30-31-32-33-34-35-36-37-38-40-42-44-46-48-54(58)55-52(51-62-63(59,60)61-50-49-56(3,4)5)53(57)47-45-43-41-39-17-15-13-11-9-7-2/h8,10,14,16,19-20,22-23,25-26,28-29,52-53,57H,6-7,9,11-13,15,17-18,21,24,27,30-51H2,1-5H3,(H-,55,58,59,60)/p+1/b10-8-,16-14-,20-19-,23-22-,26-25-,29-28-. The fourth-order valence-electron chi connectivity index (χ4n) is 7.17. The molecule has 1 amide bonds. The van der Waals surface area contributed by atoms with E-state index in [4.69, 9.17) is 9.05 Å². The van der Waals surface area contributed by atoms with Crippen LogP contribution in [0.15, 0.2) is 72.9 Å². The lowest BCUT2D eigenvalue weighted by atomic mass is 10.0. The molecule has 0 bridgehead atoms. The number of unbranched alkanes of at least 4 members (excludes halogenated alkanes) is 21. The van der Waals surface area contributed by atoms with Crippen LogP contribution in [0.5, 0.6) is 0 Å². The largest absolute Gasteiger partial charge is 0.472 e. The van der Waals surface area contributed by atoms with Crippen LogP contribution in [0.2, 0.25) is 0 Å². The number of rotatable bonds is 46. The van der Waals surface area contributed by atoms with Gasteiger partial charge in [0, 0.05) is 6.42 Å². The van der Waals surface area contributed by atoms with Crippen molar-refractivity contribution in [3.8, 4) is 0 Å². The Kier molecular flexibility index (Phi) is 43.6. The molecule has 0 aromatic carbocycles. The Balaban J connectivity index is 4.07. The Bertz CT molecular complexity index is 1250. The smallest absolute Gasteiger partial charge is 0.391 e. The van der Waals surface area contributed by atoms with Crippen molar-refractivity contribution in [2.75, 3.05) is 40.9 Å². The van der Waals surface area contributed by atoms with Gasteiger partial charge in [0.25, 0.3) is 0 Å². The van der Waals surface area contributed by atoms with Gasteiger partial charge in [-0.25, -0.2) is 4.57 Å². The number of phosphoric ester groups is 1. The first kappa shape index (κ1) is 60.9. The average Bonchev–Trinajstić information content (AvgIpc) is 3.24. The number of quaternary nitrogens is 1. The zero-order valence-corrected chi connectivity index (χ0v) is 42.4. The van der Waals surface area contributed by atoms with Crippen molar-refractivity contribution in [2.24, 2.45) is 0 Å². The Hall–Kier alpha value is -2.06. The number of amides is 1. The topological polar surface area (TPSA) is 105 Å². The molecule has 63 heavy (non-hydrogen) atoms. The summed E-state index contributed by atoms with van der Waals surface area (Å²) in [6.45, 7) is 4.75. The Morgan fingerprint density at radius 3 is 1.40 bits per heavy atom. The van der Waals surface area contributed by atoms with E-state index in [1.165, 1.54) is 109 Å². The van der Waals surface area contributed by atoms with Gasteiger partial charge >= 0.3 is 7.82 Å². The number of hydrogen-bond acceptors (Lipinski definition) is 5. The number of aliphatic hydroxyl groups excluding tert-OH is 1. The van der Waals surface area contributed by atoms with Gasteiger partial charge in [-0.05, 0) is 64.2 Å². The number of allylic oxidation sites excluding steroid dienone is 12. The molecule has 0 spiro atoms. The predicted octanol–water partition coefficient (Wildman–Crippen LogP) is 15.1. The lowest BCUT2D eigenvalue weighted by molar-refractivity contribution is -0.870. The highest BCUT2D eigenvalue weighted by atomic mass is 31.2. The maximum Gasteiger partial charge on any atom is 0.472 e. The van der Waals surface area contributed by atoms with Crippen LogP contribution in [-0.4, -0.2) is 73.4 Å². The molecule has 3 unspecified atom stereocenters. The molecule has 0 aliphatic heterocycles. The van der Waals surface area contributed by atoms with Gasteiger partial charge in [0.2, 0.25) is 5.91 Å². The highest BCUT2D eigenvalue weighted by Gasteiger charge is 2.28. The molecule has 0 aliphatic rings. The van der Waals surface area contributed by atoms with Gasteiger partial charge < -0.3 is 19.8 Å². The van der Waals surface area contributed by atoms with E-state index in [2.05, 4.69) is 92.1 Å². The lowest BCUT2D eigenvalue weighted by Gasteiger charge is -2.26. The minimum Gasteiger partial charge on any atom is -0.391 e. The summed E-state index contributed by atoms with van der Waals surface area (Å²) in [5, 5.41) is 13.9. The van der Waals surface area contributed by atoms with Gasteiger partial charge in [-0.1, -0.05) is 215 Å². The van der Waals surface area contributed by atoms with Gasteiger partial charge in [-0.2, -0.15) is 0 Å². The highest BCUT2D eigenvalue weighted by Crippen LogP contribution is 2.43. The minimum absolute atomic E-state index is 0.0717. The summed E-state index contributed by atoms with van der Waals surface area (Å²) >= 11 is 0. The van der Waals surface area contributed by atoms with Gasteiger partial charge in [-0.15, -0.1) is 0 Å². The number of carbonyl (C=O) groups excluding carboxylic acids is 1. The first-order valence-electron chi connectivity index (χ1n) is 25.8. The van der Waals surface area contributed by atoms with E-state index in [0.717, 1.165) is 77.0 Å². The molecule has 0 rings (SSSR count). The second-order valence-corrected chi connectivity index (χ2v) is 20.0. The third-order valence-electron chi connectivity index (χ3n) is 11.2. The summed E-state index contributed by atoms with van der Waals surface area (Å²) in [6, 6.07) is -0.763. The average molecular weight is 904 g/mol. The molecule has 3 N–H and O–H groups in total. The molecule has 0 saturated carbocycles. The minimum atomic E-state index is -4.32. The van der Waals surface area contributed by atoms with Crippen LogP contribution in [0.3, 0.4) is 0 Å². The number of nitrogens with one attached hydrogen (secondary N) is 1. The molecule has 0 aromatic rings. The van der Waals surface area contributed by atoms with Crippen molar-refractivity contribution in [1.82, 2.24) is 5.32 Å². The lowest BCUT2D eigenvalue weighted by Crippen LogP contribution is -2.46. The van der Waals surface area contributed by atoms with Gasteiger partial charge in [-0.3, -0.25) is 13.8 Å². The molecular weight excluding hydrogens is 804 g/mol. The van der Waals surface area contributed by atoms with E-state index < -0.39 is 20.0 Å². The van der Waals surface area contributed by atoms with Crippen LogP contribution in [0.4, 0.5) is 0 Å². The monoisotopic (exact) mass is 904 g/mol. The van der Waals surface area contributed by atoms with E-state index in [1.807, 2.05) is 21.1 Å². The van der Waals surface area contributed by atoms with Crippen LogP contribution in [-0.2, 0) is 18.4 Å². The van der Waals surface area contributed by atoms with Gasteiger partial charge in [0.1, 0.15) is 13.2 Å². The number of likely N-dealkylation sites (N-methyl/N-ethyl adjacent to an activating group) is 1. The van der Waals surface area contributed by atoms with Crippen LogP contribution >= 0.6 is 7.82 Å². The van der Waals surface area contributed by atoms with Crippen LogP contribution in [0, 0.1) is 0 Å². The summed E-state index contributed by atoms with van der Waals surface area (Å²) < 4.78 is 23.6. The van der Waals surface area contributed by atoms with Crippen molar-refractivity contribution < 1.29 is 32.9 Å². The first-order valence-corrected chi connectivity index (χ1v) is 27.3. The molecule has 0 heterocycles. The zero-order valence-electron chi connectivity index (χ0n) is 41.5. The van der Waals surface area contributed by atoms with Gasteiger partial charge in [0.05, 0.1) is 39.9 Å². The highest BCUT2D eigenvalue weighted by molar-refractivity contribution is 7.47. The van der Waals surface area contributed by atoms with Crippen LogP contribution in [0.25, 0.3) is 0 Å². The van der Waals surface area contributed by atoms with E-state index in [-0.39, 0.29) is 19.1 Å². The van der Waals surface area contributed by atoms with E-state index in [1.54, 1.807) is 0 Å². The molecule has 366 valence electrons. The third-order valence-corrected chi connectivity index (χ3v) is 12.2. The fourth-order valence-corrected chi connectivity index (χ4v) is 7.90. The molecular formula is C54H100N2O6P+. The summed E-state index contributed by atoms with van der Waals surface area (Å²) in [7, 11) is 1.61. The number of hydrogen-bond donors (Lipinski definition) is 3. The van der Waals surface area contributed by atoms with Crippen LogP contribution in [0.1, 0.15) is 213 Å². The van der Waals surface area contributed by atoms with E-state index in [9.17, 15) is 19.4 Å². The second kappa shape index (κ2) is 45.1. The quantitative estimate of drug-likeness (QED) is 0.0243. The number of aliphatic hydroxyl groups is 1. The number of phosphoric acid groups is 1. The van der Waals surface area contributed by atoms with E-state index in [0.29, 0.717) is 23.9 Å². The van der Waals surface area contributed by atoms with Crippen molar-refractivity contribution >= 4 is 13.7 Å². The third kappa shape index (κ3) is 47.7. The molecule has 0 fully saturated rings. The summed E-state index contributed by atoms with van der Waals surface area (Å²) in [5.74, 6) is -0.151. The van der Waals surface area contributed by atoms with Crippen molar-refractivity contribution in [2.45, 2.75) is 225 Å². The Morgan fingerprint density at radius 1 is 0.556 bits per heavy atom. The van der Waals surface area contributed by atoms with Crippen molar-refractivity contribution in [3.63, 3.8) is 0 Å². The second-order valence-electron chi connectivity index (χ2n) is 18.5. The van der Waals surface area contributed by atoms with Crippen LogP contribution < -0.4 is 5.32 Å². The number of nitrogens with zero attached hydrogens (tertiary/aromatic N) is 1. The molecule has 3 atom stereocenters. The zero-order chi connectivity index (χ0) is 46.4. The molecule has 0 aliphatic carbocycles. The SMILES string of the molecule is CC/C=C\C/C=C\C/C=C\C/C=C\C/C=C\C/C=C\CCCCCCCCCCCCCCC(=O)NC(COP(=O)(O)OCC[N+](C)(C)C)C(O)CCCCCCCCCCCC.